The monoisotopic (exact) mass is 290 g/mol. The summed E-state index contributed by atoms with van der Waals surface area (Å²) in [6.07, 6.45) is 0.994. The molecule has 0 saturated carbocycles. The van der Waals surface area contributed by atoms with Crippen LogP contribution in [0.15, 0.2) is 54.6 Å². The van der Waals surface area contributed by atoms with Gasteiger partial charge in [-0.1, -0.05) is 30.3 Å². The summed E-state index contributed by atoms with van der Waals surface area (Å²) in [6.45, 7) is 1.86. The van der Waals surface area contributed by atoms with Crippen molar-refractivity contribution >= 4 is 16.7 Å². The smallest absolute Gasteiger partial charge is 0.129 e. The maximum atomic E-state index is 5.48. The normalized spacial score (nSPS) is 14.0. The lowest BCUT2D eigenvalue weighted by Gasteiger charge is -2.30. The van der Waals surface area contributed by atoms with Gasteiger partial charge in [-0.25, -0.2) is 4.98 Å². The fourth-order valence-corrected chi connectivity index (χ4v) is 3.19. The number of hydrogen-bond acceptors (Lipinski definition) is 3. The number of hydrogen-bond donors (Lipinski definition) is 0. The van der Waals surface area contributed by atoms with Crippen LogP contribution in [0, 0.1) is 0 Å². The van der Waals surface area contributed by atoms with Gasteiger partial charge in [0, 0.05) is 24.0 Å². The standard InChI is InChI=1S/C19H18N2O/c1-22-18-8-4-6-15-13-21(12-11-16(15)18)19-10-9-14-5-2-3-7-17(14)20-19/h2-10H,11-13H2,1H3. The van der Waals surface area contributed by atoms with Gasteiger partial charge >= 0.3 is 0 Å². The molecule has 3 nitrogen and oxygen atoms in total. The van der Waals surface area contributed by atoms with Crippen LogP contribution in [0.2, 0.25) is 0 Å². The maximum absolute atomic E-state index is 5.48. The molecule has 3 heteroatoms. The summed E-state index contributed by atoms with van der Waals surface area (Å²) in [5.74, 6) is 2.05. The summed E-state index contributed by atoms with van der Waals surface area (Å²) in [7, 11) is 1.74. The first-order valence-corrected chi connectivity index (χ1v) is 7.60. The molecule has 3 aromatic rings. The largest absolute Gasteiger partial charge is 0.496 e. The number of rotatable bonds is 2. The van der Waals surface area contributed by atoms with E-state index in [4.69, 9.17) is 9.72 Å². The molecule has 0 N–H and O–H groups in total. The van der Waals surface area contributed by atoms with Gasteiger partial charge in [-0.05, 0) is 36.2 Å². The molecule has 0 amide bonds. The van der Waals surface area contributed by atoms with Crippen molar-refractivity contribution in [2.45, 2.75) is 13.0 Å². The Morgan fingerprint density at radius 3 is 2.82 bits per heavy atom. The Balaban J connectivity index is 1.68. The van der Waals surface area contributed by atoms with Gasteiger partial charge in [-0.15, -0.1) is 0 Å². The maximum Gasteiger partial charge on any atom is 0.129 e. The zero-order valence-electron chi connectivity index (χ0n) is 12.6. The van der Waals surface area contributed by atoms with Gasteiger partial charge in [0.05, 0.1) is 12.6 Å². The predicted octanol–water partition coefficient (Wildman–Crippen LogP) is 3.81. The minimum absolute atomic E-state index is 0.887. The van der Waals surface area contributed by atoms with Gasteiger partial charge < -0.3 is 9.64 Å². The quantitative estimate of drug-likeness (QED) is 0.717. The highest BCUT2D eigenvalue weighted by Gasteiger charge is 2.20. The molecule has 1 aliphatic heterocycles. The van der Waals surface area contributed by atoms with Crippen LogP contribution in [0.4, 0.5) is 5.82 Å². The zero-order chi connectivity index (χ0) is 14.9. The van der Waals surface area contributed by atoms with Gasteiger partial charge in [-0.3, -0.25) is 0 Å². The topological polar surface area (TPSA) is 25.4 Å². The molecule has 0 fully saturated rings. The molecule has 1 aliphatic rings. The lowest BCUT2D eigenvalue weighted by atomic mass is 9.98. The van der Waals surface area contributed by atoms with E-state index in [-0.39, 0.29) is 0 Å². The number of aromatic nitrogens is 1. The Hall–Kier alpha value is -2.55. The fourth-order valence-electron chi connectivity index (χ4n) is 3.19. The van der Waals surface area contributed by atoms with Gasteiger partial charge in [0.15, 0.2) is 0 Å². The van der Waals surface area contributed by atoms with Crippen LogP contribution in [0.3, 0.4) is 0 Å². The second kappa shape index (κ2) is 5.34. The summed E-state index contributed by atoms with van der Waals surface area (Å²) in [6, 6.07) is 18.8. The molecule has 0 bridgehead atoms. The molecule has 1 aromatic heterocycles. The van der Waals surface area contributed by atoms with Crippen LogP contribution in [0.5, 0.6) is 5.75 Å². The lowest BCUT2D eigenvalue weighted by Crippen LogP contribution is -2.31. The molecule has 4 rings (SSSR count). The average Bonchev–Trinajstić information content (AvgIpc) is 2.60. The summed E-state index contributed by atoms with van der Waals surface area (Å²) in [5.41, 5.74) is 3.72. The number of ether oxygens (including phenoxy) is 1. The van der Waals surface area contributed by atoms with Crippen LogP contribution >= 0.6 is 0 Å². The summed E-state index contributed by atoms with van der Waals surface area (Å²) in [5, 5.41) is 1.19. The Bertz CT molecular complexity index is 829. The van der Waals surface area contributed by atoms with Crippen molar-refractivity contribution < 1.29 is 4.74 Å². The summed E-state index contributed by atoms with van der Waals surface area (Å²) in [4.78, 5) is 7.15. The molecule has 0 saturated heterocycles. The van der Waals surface area contributed by atoms with Gasteiger partial charge in [0.1, 0.15) is 11.6 Å². The van der Waals surface area contributed by atoms with E-state index in [0.29, 0.717) is 0 Å². The van der Waals surface area contributed by atoms with Gasteiger partial charge in [-0.2, -0.15) is 0 Å². The molecule has 22 heavy (non-hydrogen) atoms. The number of anilines is 1. The van der Waals surface area contributed by atoms with E-state index in [1.165, 1.54) is 16.5 Å². The van der Waals surface area contributed by atoms with Crippen LogP contribution < -0.4 is 9.64 Å². The molecule has 0 unspecified atom stereocenters. The number of benzene rings is 2. The Morgan fingerprint density at radius 1 is 1.00 bits per heavy atom. The van der Waals surface area contributed by atoms with Crippen molar-refractivity contribution in [3.63, 3.8) is 0 Å². The molecule has 0 radical (unpaired) electrons. The third-order valence-electron chi connectivity index (χ3n) is 4.35. The molecule has 2 aromatic carbocycles. The third kappa shape index (κ3) is 2.19. The number of nitrogens with zero attached hydrogens (tertiary/aromatic N) is 2. The van der Waals surface area contributed by atoms with Crippen molar-refractivity contribution in [1.82, 2.24) is 4.98 Å². The number of para-hydroxylation sites is 1. The summed E-state index contributed by atoms with van der Waals surface area (Å²) >= 11 is 0. The molecular weight excluding hydrogens is 272 g/mol. The Kier molecular flexibility index (Phi) is 3.19. The molecule has 0 atom stereocenters. The van der Waals surface area contributed by atoms with Crippen LogP contribution in [0.1, 0.15) is 11.1 Å². The average molecular weight is 290 g/mol. The van der Waals surface area contributed by atoms with Crippen molar-refractivity contribution in [2.24, 2.45) is 0 Å². The minimum Gasteiger partial charge on any atom is -0.496 e. The van der Waals surface area contributed by atoms with Crippen molar-refractivity contribution in [3.05, 3.63) is 65.7 Å². The van der Waals surface area contributed by atoms with Crippen molar-refractivity contribution in [1.29, 1.82) is 0 Å². The Labute approximate surface area is 130 Å². The third-order valence-corrected chi connectivity index (χ3v) is 4.35. The first kappa shape index (κ1) is 13.1. The van der Waals surface area contributed by atoms with E-state index < -0.39 is 0 Å². The van der Waals surface area contributed by atoms with E-state index in [0.717, 1.165) is 36.6 Å². The van der Waals surface area contributed by atoms with E-state index in [1.807, 2.05) is 18.2 Å². The molecule has 0 aliphatic carbocycles. The minimum atomic E-state index is 0.887. The van der Waals surface area contributed by atoms with E-state index in [9.17, 15) is 0 Å². The first-order valence-electron chi connectivity index (χ1n) is 7.60. The van der Waals surface area contributed by atoms with Crippen LogP contribution in [0.25, 0.3) is 10.9 Å². The SMILES string of the molecule is COc1cccc2c1CCN(c1ccc3ccccc3n1)C2. The second-order valence-electron chi connectivity index (χ2n) is 5.63. The first-order chi connectivity index (χ1) is 10.8. The van der Waals surface area contributed by atoms with Crippen molar-refractivity contribution in [3.8, 4) is 5.75 Å². The highest BCUT2D eigenvalue weighted by molar-refractivity contribution is 5.80. The van der Waals surface area contributed by atoms with Crippen molar-refractivity contribution in [2.75, 3.05) is 18.6 Å². The fraction of sp³-hybridized carbons (Fsp3) is 0.211. The van der Waals surface area contributed by atoms with E-state index in [2.05, 4.69) is 41.3 Å². The van der Waals surface area contributed by atoms with Gasteiger partial charge in [0.2, 0.25) is 0 Å². The molecule has 2 heterocycles. The van der Waals surface area contributed by atoms with Crippen LogP contribution in [-0.4, -0.2) is 18.6 Å². The number of fused-ring (bicyclic) bond motifs is 2. The summed E-state index contributed by atoms with van der Waals surface area (Å²) < 4.78 is 5.48. The predicted molar refractivity (Wildman–Crippen MR) is 89.5 cm³/mol. The number of methoxy groups -OCH3 is 1. The molecular formula is C19H18N2O. The molecule has 110 valence electrons. The van der Waals surface area contributed by atoms with E-state index >= 15 is 0 Å². The van der Waals surface area contributed by atoms with E-state index in [1.54, 1.807) is 7.11 Å². The Morgan fingerprint density at radius 2 is 1.91 bits per heavy atom. The highest BCUT2D eigenvalue weighted by atomic mass is 16.5. The zero-order valence-corrected chi connectivity index (χ0v) is 12.6. The molecule has 0 spiro atoms. The number of pyridine rings is 1. The van der Waals surface area contributed by atoms with Crippen LogP contribution in [-0.2, 0) is 13.0 Å². The lowest BCUT2D eigenvalue weighted by molar-refractivity contribution is 0.407. The second-order valence-corrected chi connectivity index (χ2v) is 5.63. The van der Waals surface area contributed by atoms with Gasteiger partial charge in [0.25, 0.3) is 0 Å². The highest BCUT2D eigenvalue weighted by Crippen LogP contribution is 2.30.